The Morgan fingerprint density at radius 1 is 1.24 bits per heavy atom. The van der Waals surface area contributed by atoms with Gasteiger partial charge < -0.3 is 15.6 Å². The molecule has 130 valence electrons. The Bertz CT molecular complexity index is 864. The van der Waals surface area contributed by atoms with E-state index in [4.69, 9.17) is 5.73 Å². The van der Waals surface area contributed by atoms with E-state index < -0.39 is 0 Å². The number of hydrogen-bond acceptors (Lipinski definition) is 5. The highest BCUT2D eigenvalue weighted by molar-refractivity contribution is 6.02. The first kappa shape index (κ1) is 16.8. The number of hydrogen-bond donors (Lipinski definition) is 2. The molecule has 2 aromatic heterocycles. The Kier molecular flexibility index (Phi) is 4.90. The van der Waals surface area contributed by atoms with E-state index in [2.05, 4.69) is 20.6 Å². The van der Waals surface area contributed by atoms with Crippen molar-refractivity contribution in [2.75, 3.05) is 11.9 Å². The first-order valence-corrected chi connectivity index (χ1v) is 8.11. The molecule has 0 bridgehead atoms. The summed E-state index contributed by atoms with van der Waals surface area (Å²) in [5.74, 6) is -0.290. The predicted molar refractivity (Wildman–Crippen MR) is 94.7 cm³/mol. The number of aryl methyl sites for hydroxylation is 2. The highest BCUT2D eigenvalue weighted by atomic mass is 16.2. The van der Waals surface area contributed by atoms with Gasteiger partial charge in [0.05, 0.1) is 18.2 Å². The fraction of sp³-hybridized carbons (Fsp3) is 0.294. The fourth-order valence-electron chi connectivity index (χ4n) is 2.42. The Balaban J connectivity index is 1.67. The van der Waals surface area contributed by atoms with Crippen LogP contribution in [0.1, 0.15) is 28.3 Å². The number of benzene rings is 1. The van der Waals surface area contributed by atoms with Crippen molar-refractivity contribution in [3.63, 3.8) is 0 Å². The molecular weight excluding hydrogens is 318 g/mol. The molecule has 8 heteroatoms. The van der Waals surface area contributed by atoms with E-state index in [0.29, 0.717) is 18.8 Å². The van der Waals surface area contributed by atoms with Crippen molar-refractivity contribution in [1.29, 1.82) is 0 Å². The van der Waals surface area contributed by atoms with Crippen LogP contribution in [0, 0.1) is 13.8 Å². The molecular formula is C17H21N7O. The molecule has 0 spiro atoms. The lowest BCUT2D eigenvalue weighted by atomic mass is 10.2. The van der Waals surface area contributed by atoms with E-state index in [1.807, 2.05) is 42.7 Å². The first-order valence-electron chi connectivity index (χ1n) is 8.11. The van der Waals surface area contributed by atoms with Crippen LogP contribution in [0.4, 0.5) is 5.69 Å². The number of imidazole rings is 1. The van der Waals surface area contributed by atoms with Crippen LogP contribution in [0.25, 0.3) is 5.69 Å². The maximum atomic E-state index is 12.2. The van der Waals surface area contributed by atoms with Gasteiger partial charge in [0.25, 0.3) is 5.91 Å². The molecule has 0 atom stereocenters. The second kappa shape index (κ2) is 7.27. The summed E-state index contributed by atoms with van der Waals surface area (Å²) in [5.41, 5.74) is 9.51. The minimum Gasteiger partial charge on any atom is -0.330 e. The monoisotopic (exact) mass is 339 g/mol. The zero-order chi connectivity index (χ0) is 17.8. The molecule has 3 rings (SSSR count). The molecule has 0 radical (unpaired) electrons. The van der Waals surface area contributed by atoms with Crippen LogP contribution in [0.15, 0.2) is 36.8 Å². The Morgan fingerprint density at radius 3 is 2.64 bits per heavy atom. The van der Waals surface area contributed by atoms with Crippen molar-refractivity contribution >= 4 is 11.6 Å². The van der Waals surface area contributed by atoms with Crippen LogP contribution < -0.4 is 11.1 Å². The quantitative estimate of drug-likeness (QED) is 0.711. The summed E-state index contributed by atoms with van der Waals surface area (Å²) in [4.78, 5) is 16.5. The van der Waals surface area contributed by atoms with Crippen LogP contribution in [-0.2, 0) is 6.54 Å². The van der Waals surface area contributed by atoms with Crippen LogP contribution in [0.5, 0.6) is 0 Å². The average Bonchev–Trinajstić information content (AvgIpc) is 3.22. The highest BCUT2D eigenvalue weighted by Gasteiger charge is 2.11. The Hall–Kier alpha value is -3.00. The predicted octanol–water partition coefficient (Wildman–Crippen LogP) is 1.68. The van der Waals surface area contributed by atoms with Gasteiger partial charge in [-0.15, -0.1) is 5.10 Å². The summed E-state index contributed by atoms with van der Waals surface area (Å²) >= 11 is 0. The van der Waals surface area contributed by atoms with E-state index in [9.17, 15) is 4.79 Å². The summed E-state index contributed by atoms with van der Waals surface area (Å²) in [6, 6.07) is 7.56. The second-order valence-electron chi connectivity index (χ2n) is 5.80. The summed E-state index contributed by atoms with van der Waals surface area (Å²) in [7, 11) is 0. The molecule has 0 unspecified atom stereocenters. The van der Waals surface area contributed by atoms with Crippen molar-refractivity contribution in [3.05, 3.63) is 53.9 Å². The van der Waals surface area contributed by atoms with Gasteiger partial charge in [0, 0.05) is 23.6 Å². The summed E-state index contributed by atoms with van der Waals surface area (Å²) < 4.78 is 3.62. The zero-order valence-electron chi connectivity index (χ0n) is 14.3. The molecule has 25 heavy (non-hydrogen) atoms. The van der Waals surface area contributed by atoms with E-state index in [1.54, 1.807) is 17.2 Å². The third-order valence-electron chi connectivity index (χ3n) is 4.02. The number of anilines is 1. The number of carbonyl (C=O) groups excluding carboxylic acids is 1. The number of aromatic nitrogens is 5. The molecule has 1 amide bonds. The summed E-state index contributed by atoms with van der Waals surface area (Å²) in [5, 5.41) is 10.6. The smallest absolute Gasteiger partial charge is 0.277 e. The molecule has 2 heterocycles. The van der Waals surface area contributed by atoms with Crippen LogP contribution in [-0.4, -0.2) is 37.0 Å². The normalized spacial score (nSPS) is 10.8. The van der Waals surface area contributed by atoms with Gasteiger partial charge >= 0.3 is 0 Å². The standard InChI is InChI=1S/C17H21N7O/c1-12-13(2)24(11-19-12)15-6-4-14(5-7-15)20-17(25)16-10-23(22-21-16)9-3-8-18/h4-7,10-11H,3,8-9,18H2,1-2H3,(H,20,25). The van der Waals surface area contributed by atoms with Crippen LogP contribution in [0.3, 0.4) is 0 Å². The van der Waals surface area contributed by atoms with Gasteiger partial charge in [-0.2, -0.15) is 0 Å². The van der Waals surface area contributed by atoms with E-state index >= 15 is 0 Å². The van der Waals surface area contributed by atoms with Gasteiger partial charge in [-0.25, -0.2) is 4.98 Å². The maximum Gasteiger partial charge on any atom is 0.277 e. The van der Waals surface area contributed by atoms with Crippen molar-refractivity contribution in [2.45, 2.75) is 26.8 Å². The van der Waals surface area contributed by atoms with E-state index in [-0.39, 0.29) is 11.6 Å². The number of amides is 1. The largest absolute Gasteiger partial charge is 0.330 e. The summed E-state index contributed by atoms with van der Waals surface area (Å²) in [6.45, 7) is 5.21. The van der Waals surface area contributed by atoms with Gasteiger partial charge in [0.2, 0.25) is 0 Å². The van der Waals surface area contributed by atoms with Gasteiger partial charge in [-0.1, -0.05) is 5.21 Å². The number of nitrogens with zero attached hydrogens (tertiary/aromatic N) is 5. The molecule has 8 nitrogen and oxygen atoms in total. The number of carbonyl (C=O) groups is 1. The van der Waals surface area contributed by atoms with Crippen molar-refractivity contribution in [1.82, 2.24) is 24.5 Å². The molecule has 3 N–H and O–H groups in total. The van der Waals surface area contributed by atoms with Crippen molar-refractivity contribution in [3.8, 4) is 5.69 Å². The molecule has 3 aromatic rings. The average molecular weight is 339 g/mol. The molecule has 0 fully saturated rings. The zero-order valence-corrected chi connectivity index (χ0v) is 14.3. The van der Waals surface area contributed by atoms with Crippen molar-refractivity contribution < 1.29 is 4.79 Å². The number of nitrogens with one attached hydrogen (secondary N) is 1. The van der Waals surface area contributed by atoms with Crippen LogP contribution >= 0.6 is 0 Å². The molecule has 1 aromatic carbocycles. The minimum absolute atomic E-state index is 0.280. The third-order valence-corrected chi connectivity index (χ3v) is 4.02. The SMILES string of the molecule is Cc1ncn(-c2ccc(NC(=O)c3cn(CCCN)nn3)cc2)c1C. The van der Waals surface area contributed by atoms with E-state index in [0.717, 1.165) is 23.5 Å². The molecule has 0 aliphatic heterocycles. The lowest BCUT2D eigenvalue weighted by Crippen LogP contribution is -2.12. The number of rotatable bonds is 6. The lowest BCUT2D eigenvalue weighted by Gasteiger charge is -2.07. The molecule has 0 saturated heterocycles. The fourth-order valence-corrected chi connectivity index (χ4v) is 2.42. The van der Waals surface area contributed by atoms with Gasteiger partial charge in [0.1, 0.15) is 0 Å². The highest BCUT2D eigenvalue weighted by Crippen LogP contribution is 2.17. The molecule has 0 aliphatic rings. The first-order chi connectivity index (χ1) is 12.1. The number of nitrogens with two attached hydrogens (primary N) is 1. The molecule has 0 saturated carbocycles. The maximum absolute atomic E-state index is 12.2. The minimum atomic E-state index is -0.290. The molecule has 0 aliphatic carbocycles. The lowest BCUT2D eigenvalue weighted by molar-refractivity contribution is 0.102. The Labute approximate surface area is 145 Å². The van der Waals surface area contributed by atoms with Gasteiger partial charge in [0.15, 0.2) is 5.69 Å². The van der Waals surface area contributed by atoms with Crippen molar-refractivity contribution in [2.24, 2.45) is 5.73 Å². The third kappa shape index (κ3) is 3.74. The topological polar surface area (TPSA) is 104 Å². The van der Waals surface area contributed by atoms with Gasteiger partial charge in [-0.3, -0.25) is 9.48 Å². The Morgan fingerprint density at radius 2 is 2.00 bits per heavy atom. The summed E-state index contributed by atoms with van der Waals surface area (Å²) in [6.07, 6.45) is 4.20. The van der Waals surface area contributed by atoms with E-state index in [1.165, 1.54) is 0 Å². The van der Waals surface area contributed by atoms with Gasteiger partial charge in [-0.05, 0) is 51.1 Å². The second-order valence-corrected chi connectivity index (χ2v) is 5.80. The van der Waals surface area contributed by atoms with Crippen LogP contribution in [0.2, 0.25) is 0 Å².